The first-order valence-corrected chi connectivity index (χ1v) is 8.27. The third kappa shape index (κ3) is 2.56. The molecule has 0 aliphatic rings. The van der Waals surface area contributed by atoms with Crippen LogP contribution < -0.4 is 5.73 Å². The van der Waals surface area contributed by atoms with Crippen LogP contribution in [-0.2, 0) is 10.8 Å². The molecule has 1 aromatic carbocycles. The number of thioether (sulfide) groups is 1. The zero-order chi connectivity index (χ0) is 11.5. The molecule has 1 atom stereocenters. The summed E-state index contributed by atoms with van der Waals surface area (Å²) in [6.07, 6.45) is 2.01. The summed E-state index contributed by atoms with van der Waals surface area (Å²) in [6, 6.07) is 5.56. The topological polar surface area (TPSA) is 56.0 Å². The van der Waals surface area contributed by atoms with E-state index in [1.807, 2.05) is 24.5 Å². The Kier molecular flexibility index (Phi) is 3.83. The zero-order valence-corrected chi connectivity index (χ0v) is 11.3. The molecule has 1 heterocycles. The average Bonchev–Trinajstić information content (AvgIpc) is 2.68. The Balaban J connectivity index is 2.28. The number of fused-ring (bicyclic) bond motifs is 1. The Morgan fingerprint density at radius 1 is 1.56 bits per heavy atom. The quantitative estimate of drug-likeness (QED) is 0.868. The lowest BCUT2D eigenvalue weighted by molar-refractivity contribution is 0.683. The van der Waals surface area contributed by atoms with Gasteiger partial charge in [0.1, 0.15) is 0 Å². The average molecular weight is 272 g/mol. The summed E-state index contributed by atoms with van der Waals surface area (Å²) in [5, 5.41) is 0. The predicted molar refractivity (Wildman–Crippen MR) is 73.7 cm³/mol. The van der Waals surface area contributed by atoms with Crippen molar-refractivity contribution in [3.63, 3.8) is 0 Å². The Bertz CT molecular complexity index is 524. The van der Waals surface area contributed by atoms with Gasteiger partial charge in [-0.3, -0.25) is 4.21 Å². The lowest BCUT2D eigenvalue weighted by Crippen LogP contribution is -1.99. The van der Waals surface area contributed by atoms with Crippen LogP contribution in [0.2, 0.25) is 0 Å². The van der Waals surface area contributed by atoms with Crippen LogP contribution in [-0.4, -0.2) is 27.0 Å². The molecule has 6 heteroatoms. The number of nitrogen functional groups attached to an aromatic ring is 1. The number of aromatic nitrogens is 1. The fourth-order valence-corrected chi connectivity index (χ4v) is 4.55. The highest BCUT2D eigenvalue weighted by Crippen LogP contribution is 2.26. The second kappa shape index (κ2) is 5.16. The van der Waals surface area contributed by atoms with E-state index < -0.39 is 10.8 Å². The normalized spacial score (nSPS) is 13.1. The van der Waals surface area contributed by atoms with Crippen LogP contribution in [0.15, 0.2) is 22.5 Å². The van der Waals surface area contributed by atoms with E-state index in [-0.39, 0.29) is 0 Å². The lowest BCUT2D eigenvalue weighted by atomic mass is 10.3. The maximum absolute atomic E-state index is 11.9. The Morgan fingerprint density at radius 2 is 2.38 bits per heavy atom. The molecule has 0 aliphatic carbocycles. The first kappa shape index (κ1) is 11.9. The maximum atomic E-state index is 11.9. The van der Waals surface area contributed by atoms with Crippen molar-refractivity contribution in [2.45, 2.75) is 4.34 Å². The van der Waals surface area contributed by atoms with Crippen molar-refractivity contribution in [3.05, 3.63) is 18.2 Å². The molecule has 0 spiro atoms. The molecule has 0 saturated carbocycles. The van der Waals surface area contributed by atoms with Gasteiger partial charge in [-0.1, -0.05) is 0 Å². The minimum absolute atomic E-state index is 0.663. The number of thiazole rings is 1. The second-order valence-electron chi connectivity index (χ2n) is 3.25. The van der Waals surface area contributed by atoms with Gasteiger partial charge in [0.05, 0.1) is 21.0 Å². The van der Waals surface area contributed by atoms with E-state index in [2.05, 4.69) is 4.98 Å². The number of rotatable bonds is 4. The van der Waals surface area contributed by atoms with Crippen molar-refractivity contribution in [1.82, 2.24) is 4.98 Å². The summed E-state index contributed by atoms with van der Waals surface area (Å²) in [6.45, 7) is 0. The predicted octanol–water partition coefficient (Wildman–Crippen LogP) is 2.35. The van der Waals surface area contributed by atoms with Gasteiger partial charge in [-0.15, -0.1) is 11.3 Å². The van der Waals surface area contributed by atoms with E-state index in [1.165, 1.54) is 11.3 Å². The van der Waals surface area contributed by atoms with Crippen LogP contribution in [0.25, 0.3) is 10.2 Å². The van der Waals surface area contributed by atoms with Crippen molar-refractivity contribution in [2.24, 2.45) is 0 Å². The molecule has 0 fully saturated rings. The van der Waals surface area contributed by atoms with E-state index in [0.717, 1.165) is 21.7 Å². The number of hydrogen-bond acceptors (Lipinski definition) is 5. The summed E-state index contributed by atoms with van der Waals surface area (Å²) < 4.78 is 13.6. The third-order valence-electron chi connectivity index (χ3n) is 2.06. The van der Waals surface area contributed by atoms with E-state index in [4.69, 9.17) is 5.73 Å². The van der Waals surface area contributed by atoms with Gasteiger partial charge in [0.25, 0.3) is 0 Å². The summed E-state index contributed by atoms with van der Waals surface area (Å²) in [4.78, 5) is 4.36. The van der Waals surface area contributed by atoms with Gasteiger partial charge < -0.3 is 5.73 Å². The summed E-state index contributed by atoms with van der Waals surface area (Å²) in [5.41, 5.74) is 7.29. The fraction of sp³-hybridized carbons (Fsp3) is 0.300. The van der Waals surface area contributed by atoms with Crippen LogP contribution in [0.4, 0.5) is 5.69 Å². The molecule has 0 bridgehead atoms. The molecule has 0 aliphatic heterocycles. The largest absolute Gasteiger partial charge is 0.399 e. The monoisotopic (exact) mass is 272 g/mol. The molecular weight excluding hydrogens is 260 g/mol. The minimum atomic E-state index is -0.977. The molecule has 2 rings (SSSR count). The van der Waals surface area contributed by atoms with Gasteiger partial charge in [0.2, 0.25) is 0 Å². The minimum Gasteiger partial charge on any atom is -0.399 e. The molecule has 0 amide bonds. The highest BCUT2D eigenvalue weighted by atomic mass is 32.2. The van der Waals surface area contributed by atoms with Crippen molar-refractivity contribution < 1.29 is 4.21 Å². The molecule has 3 nitrogen and oxygen atoms in total. The molecule has 2 N–H and O–H groups in total. The van der Waals surface area contributed by atoms with Crippen LogP contribution in [0.1, 0.15) is 0 Å². The maximum Gasteiger partial charge on any atom is 0.181 e. The fourth-order valence-electron chi connectivity index (χ4n) is 1.26. The number of hydrogen-bond donors (Lipinski definition) is 1. The van der Waals surface area contributed by atoms with Crippen LogP contribution in [0.3, 0.4) is 0 Å². The van der Waals surface area contributed by atoms with Crippen molar-refractivity contribution in [3.8, 4) is 0 Å². The highest BCUT2D eigenvalue weighted by Gasteiger charge is 2.10. The molecular formula is C10H12N2OS3. The Hall–Kier alpha value is -0.590. The van der Waals surface area contributed by atoms with E-state index in [1.54, 1.807) is 11.8 Å². The standard InChI is InChI=1S/C10H12N2OS3/c1-14-4-5-16(13)10-12-8-3-2-7(11)6-9(8)15-10/h2-3,6H,4-5,11H2,1H3. The summed E-state index contributed by atoms with van der Waals surface area (Å²) >= 11 is 3.17. The zero-order valence-electron chi connectivity index (χ0n) is 8.80. The molecule has 86 valence electrons. The highest BCUT2D eigenvalue weighted by molar-refractivity contribution is 7.99. The van der Waals surface area contributed by atoms with Crippen molar-refractivity contribution in [1.29, 1.82) is 0 Å². The van der Waals surface area contributed by atoms with E-state index >= 15 is 0 Å². The Labute approximate surface area is 105 Å². The molecule has 1 unspecified atom stereocenters. The summed E-state index contributed by atoms with van der Waals surface area (Å²) in [5.74, 6) is 1.56. The Morgan fingerprint density at radius 3 is 3.12 bits per heavy atom. The van der Waals surface area contributed by atoms with Gasteiger partial charge in [-0.05, 0) is 24.5 Å². The van der Waals surface area contributed by atoms with Gasteiger partial charge in [-0.25, -0.2) is 4.98 Å². The summed E-state index contributed by atoms with van der Waals surface area (Å²) in [7, 11) is -0.977. The van der Waals surface area contributed by atoms with Crippen molar-refractivity contribution >= 4 is 49.8 Å². The van der Waals surface area contributed by atoms with Crippen LogP contribution >= 0.6 is 23.1 Å². The van der Waals surface area contributed by atoms with Gasteiger partial charge in [-0.2, -0.15) is 11.8 Å². The SMILES string of the molecule is CSCCS(=O)c1nc2ccc(N)cc2s1. The van der Waals surface area contributed by atoms with Gasteiger partial charge >= 0.3 is 0 Å². The third-order valence-corrected chi connectivity index (χ3v) is 5.61. The first-order valence-electron chi connectivity index (χ1n) is 4.74. The number of anilines is 1. The molecule has 0 radical (unpaired) electrons. The molecule has 16 heavy (non-hydrogen) atoms. The van der Waals surface area contributed by atoms with E-state index in [9.17, 15) is 4.21 Å². The molecule has 1 aromatic heterocycles. The van der Waals surface area contributed by atoms with Crippen molar-refractivity contribution in [2.75, 3.05) is 23.5 Å². The number of benzene rings is 1. The smallest absolute Gasteiger partial charge is 0.181 e. The lowest BCUT2D eigenvalue weighted by Gasteiger charge is -1.94. The van der Waals surface area contributed by atoms with Gasteiger partial charge in [0.15, 0.2) is 4.34 Å². The molecule has 2 aromatic rings. The van der Waals surface area contributed by atoms with E-state index in [0.29, 0.717) is 10.1 Å². The van der Waals surface area contributed by atoms with Crippen LogP contribution in [0, 0.1) is 0 Å². The molecule has 0 saturated heterocycles. The number of nitrogens with two attached hydrogens (primary N) is 1. The van der Waals surface area contributed by atoms with Crippen LogP contribution in [0.5, 0.6) is 0 Å². The second-order valence-corrected chi connectivity index (χ2v) is 7.01. The number of nitrogens with zero attached hydrogens (tertiary/aromatic N) is 1. The van der Waals surface area contributed by atoms with Gasteiger partial charge in [0, 0.05) is 17.2 Å². The first-order chi connectivity index (χ1) is 7.70.